The van der Waals surface area contributed by atoms with Gasteiger partial charge in [0.25, 0.3) is 0 Å². The normalized spacial score (nSPS) is 15.2. The van der Waals surface area contributed by atoms with E-state index in [1.165, 1.54) is 5.69 Å². The summed E-state index contributed by atoms with van der Waals surface area (Å²) in [6, 6.07) is 10.2. The molecule has 0 spiro atoms. The third-order valence-corrected chi connectivity index (χ3v) is 4.46. The van der Waals surface area contributed by atoms with Gasteiger partial charge in [-0.3, -0.25) is 0 Å². The molecule has 2 heterocycles. The summed E-state index contributed by atoms with van der Waals surface area (Å²) in [6.45, 7) is 3.37. The van der Waals surface area contributed by atoms with E-state index in [0.29, 0.717) is 12.5 Å². The molecule has 7 nitrogen and oxygen atoms in total. The number of para-hydroxylation sites is 1. The molecule has 140 valence electrons. The van der Waals surface area contributed by atoms with Crippen LogP contribution < -0.4 is 15.1 Å². The Hall–Kier alpha value is -1.54. The smallest absolute Gasteiger partial charge is 0.250 e. The number of aliphatic hydroxyl groups is 1. The fourth-order valence-corrected chi connectivity index (χ4v) is 2.94. The summed E-state index contributed by atoms with van der Waals surface area (Å²) in [5.41, 5.74) is 1.19. The van der Waals surface area contributed by atoms with Gasteiger partial charge in [0.2, 0.25) is 15.7 Å². The van der Waals surface area contributed by atoms with Crippen molar-refractivity contribution in [2.45, 2.75) is 3.79 Å². The van der Waals surface area contributed by atoms with Gasteiger partial charge < -0.3 is 20.2 Å². The maximum atomic E-state index is 8.98. The molecule has 2 N–H and O–H groups in total. The van der Waals surface area contributed by atoms with E-state index >= 15 is 0 Å². The van der Waals surface area contributed by atoms with Crippen molar-refractivity contribution in [2.75, 3.05) is 54.4 Å². The molecule has 3 rings (SSSR count). The van der Waals surface area contributed by atoms with Crippen LogP contribution in [-0.2, 0) is 3.79 Å². The standard InChI is InChI=1S/C16H19Cl3N6O/c17-16(18,19)13-21-14(20-6-11-26)23-15(22-13)25-9-7-24(8-10-25)12-4-2-1-3-5-12/h1-5,26H,6-11H2,(H,20,21,22,23). The summed E-state index contributed by atoms with van der Waals surface area (Å²) >= 11 is 17.9. The van der Waals surface area contributed by atoms with Crippen molar-refractivity contribution in [2.24, 2.45) is 0 Å². The van der Waals surface area contributed by atoms with E-state index in [2.05, 4.69) is 37.3 Å². The number of aromatic nitrogens is 3. The van der Waals surface area contributed by atoms with Crippen molar-refractivity contribution < 1.29 is 5.11 Å². The zero-order chi connectivity index (χ0) is 18.6. The summed E-state index contributed by atoms with van der Waals surface area (Å²) in [5.74, 6) is 0.781. The van der Waals surface area contributed by atoms with Crippen molar-refractivity contribution in [3.63, 3.8) is 0 Å². The van der Waals surface area contributed by atoms with E-state index in [0.717, 1.165) is 26.2 Å². The van der Waals surface area contributed by atoms with Crippen molar-refractivity contribution in [3.05, 3.63) is 36.2 Å². The topological polar surface area (TPSA) is 77.4 Å². The van der Waals surface area contributed by atoms with Crippen LogP contribution in [0, 0.1) is 0 Å². The Kier molecular flexibility index (Phi) is 6.24. The molecule has 1 fully saturated rings. The minimum Gasteiger partial charge on any atom is -0.395 e. The minimum absolute atomic E-state index is 0.0541. The van der Waals surface area contributed by atoms with Crippen LogP contribution in [0.4, 0.5) is 17.6 Å². The molecule has 1 aromatic carbocycles. The summed E-state index contributed by atoms with van der Waals surface area (Å²) in [6.07, 6.45) is 0. The number of hydrogen-bond donors (Lipinski definition) is 2. The Balaban J connectivity index is 1.76. The van der Waals surface area contributed by atoms with Crippen LogP contribution in [-0.4, -0.2) is 59.4 Å². The highest BCUT2D eigenvalue weighted by atomic mass is 35.6. The van der Waals surface area contributed by atoms with Gasteiger partial charge in [-0.1, -0.05) is 53.0 Å². The van der Waals surface area contributed by atoms with Crippen LogP contribution in [0.2, 0.25) is 0 Å². The third kappa shape index (κ3) is 4.79. The highest BCUT2D eigenvalue weighted by Crippen LogP contribution is 2.36. The molecule has 0 radical (unpaired) electrons. The van der Waals surface area contributed by atoms with E-state index in [1.807, 2.05) is 23.1 Å². The summed E-state index contributed by atoms with van der Waals surface area (Å²) < 4.78 is -1.75. The largest absolute Gasteiger partial charge is 0.395 e. The molecule has 0 aliphatic carbocycles. The maximum absolute atomic E-state index is 8.98. The number of nitrogens with one attached hydrogen (secondary N) is 1. The van der Waals surface area contributed by atoms with Crippen LogP contribution in [0.15, 0.2) is 30.3 Å². The molecule has 0 atom stereocenters. The number of anilines is 3. The van der Waals surface area contributed by atoms with Crippen molar-refractivity contribution in [1.82, 2.24) is 15.0 Å². The second-order valence-electron chi connectivity index (χ2n) is 5.74. The molecule has 10 heteroatoms. The van der Waals surface area contributed by atoms with Gasteiger partial charge in [-0.2, -0.15) is 15.0 Å². The number of halogens is 3. The lowest BCUT2D eigenvalue weighted by atomic mass is 10.2. The number of alkyl halides is 3. The van der Waals surface area contributed by atoms with Gasteiger partial charge in [-0.15, -0.1) is 0 Å². The number of aliphatic hydroxyl groups excluding tert-OH is 1. The van der Waals surface area contributed by atoms with Crippen molar-refractivity contribution >= 4 is 52.4 Å². The van der Waals surface area contributed by atoms with Crippen LogP contribution in [0.1, 0.15) is 5.82 Å². The van der Waals surface area contributed by atoms with E-state index in [9.17, 15) is 0 Å². The van der Waals surface area contributed by atoms with Gasteiger partial charge in [0.15, 0.2) is 5.82 Å². The summed E-state index contributed by atoms with van der Waals surface area (Å²) in [7, 11) is 0. The van der Waals surface area contributed by atoms with E-state index in [-0.39, 0.29) is 18.4 Å². The lowest BCUT2D eigenvalue weighted by Crippen LogP contribution is -2.47. The monoisotopic (exact) mass is 416 g/mol. The zero-order valence-corrected chi connectivity index (χ0v) is 16.2. The molecular weight excluding hydrogens is 399 g/mol. The first-order valence-corrected chi connectivity index (χ1v) is 9.34. The first-order valence-electron chi connectivity index (χ1n) is 8.20. The molecule has 26 heavy (non-hydrogen) atoms. The molecule has 1 aliphatic rings. The molecule has 2 aromatic rings. The second-order valence-corrected chi connectivity index (χ2v) is 8.02. The Morgan fingerprint density at radius 3 is 2.23 bits per heavy atom. The number of nitrogens with zero attached hydrogens (tertiary/aromatic N) is 5. The molecule has 0 amide bonds. The summed E-state index contributed by atoms with van der Waals surface area (Å²) in [4.78, 5) is 17.2. The predicted molar refractivity (Wildman–Crippen MR) is 106 cm³/mol. The minimum atomic E-state index is -1.75. The van der Waals surface area contributed by atoms with Crippen molar-refractivity contribution in [1.29, 1.82) is 0 Å². The fraction of sp³-hybridized carbons (Fsp3) is 0.438. The number of benzene rings is 1. The number of rotatable bonds is 5. The molecule has 1 aromatic heterocycles. The van der Waals surface area contributed by atoms with Gasteiger partial charge in [0.05, 0.1) is 6.61 Å². The first kappa shape index (κ1) is 19.2. The molecule has 0 saturated carbocycles. The van der Waals surface area contributed by atoms with Crippen LogP contribution in [0.25, 0.3) is 0 Å². The Morgan fingerprint density at radius 2 is 1.62 bits per heavy atom. The van der Waals surface area contributed by atoms with Gasteiger partial charge >= 0.3 is 0 Å². The van der Waals surface area contributed by atoms with E-state index in [1.54, 1.807) is 0 Å². The fourth-order valence-electron chi connectivity index (χ4n) is 2.68. The number of hydrogen-bond acceptors (Lipinski definition) is 7. The van der Waals surface area contributed by atoms with Gasteiger partial charge in [0.1, 0.15) is 0 Å². The number of piperazine rings is 1. The lowest BCUT2D eigenvalue weighted by Gasteiger charge is -2.36. The first-order chi connectivity index (χ1) is 12.5. The average Bonchev–Trinajstić information content (AvgIpc) is 2.66. The Bertz CT molecular complexity index is 720. The van der Waals surface area contributed by atoms with Gasteiger partial charge in [0, 0.05) is 38.4 Å². The van der Waals surface area contributed by atoms with Crippen LogP contribution in [0.5, 0.6) is 0 Å². The highest BCUT2D eigenvalue weighted by Gasteiger charge is 2.30. The molecule has 1 saturated heterocycles. The molecular formula is C16H19Cl3N6O. The average molecular weight is 418 g/mol. The lowest BCUT2D eigenvalue weighted by molar-refractivity contribution is 0.310. The van der Waals surface area contributed by atoms with Crippen molar-refractivity contribution in [3.8, 4) is 0 Å². The molecule has 0 unspecified atom stereocenters. The SMILES string of the molecule is OCCNc1nc(N2CCN(c3ccccc3)CC2)nc(C(Cl)(Cl)Cl)n1. The van der Waals surface area contributed by atoms with Crippen LogP contribution in [0.3, 0.4) is 0 Å². The maximum Gasteiger partial charge on any atom is 0.250 e. The zero-order valence-electron chi connectivity index (χ0n) is 13.9. The predicted octanol–water partition coefficient (Wildman–Crippen LogP) is 2.43. The summed E-state index contributed by atoms with van der Waals surface area (Å²) in [5, 5.41) is 11.9. The molecule has 0 bridgehead atoms. The quantitative estimate of drug-likeness (QED) is 0.723. The Labute approximate surface area is 166 Å². The Morgan fingerprint density at radius 1 is 0.962 bits per heavy atom. The molecule has 1 aliphatic heterocycles. The third-order valence-electron chi connectivity index (χ3n) is 3.96. The van der Waals surface area contributed by atoms with Gasteiger partial charge in [-0.25, -0.2) is 0 Å². The highest BCUT2D eigenvalue weighted by molar-refractivity contribution is 6.66. The van der Waals surface area contributed by atoms with Crippen LogP contribution >= 0.6 is 34.8 Å². The van der Waals surface area contributed by atoms with Gasteiger partial charge in [-0.05, 0) is 12.1 Å². The van der Waals surface area contributed by atoms with E-state index in [4.69, 9.17) is 39.9 Å². The van der Waals surface area contributed by atoms with E-state index < -0.39 is 3.79 Å². The second kappa shape index (κ2) is 8.43.